The number of esters is 1. The van der Waals surface area contributed by atoms with E-state index in [4.69, 9.17) is 4.74 Å². The minimum absolute atomic E-state index is 0.0158. The van der Waals surface area contributed by atoms with Crippen LogP contribution >= 0.6 is 0 Å². The van der Waals surface area contributed by atoms with E-state index in [-0.39, 0.29) is 48.3 Å². The molecule has 4 rings (SSSR count). The summed E-state index contributed by atoms with van der Waals surface area (Å²) in [7, 11) is 1.30. The molecule has 0 saturated carbocycles. The number of hydrogen-bond donors (Lipinski definition) is 2. The number of carbonyl (C=O) groups excluding carboxylic acids is 4. The number of aldehydes is 1. The first-order valence-corrected chi connectivity index (χ1v) is 14.1. The van der Waals surface area contributed by atoms with Crippen LogP contribution in [0.15, 0.2) is 65.9 Å². The van der Waals surface area contributed by atoms with Gasteiger partial charge < -0.3 is 15.0 Å². The maximum atomic E-state index is 14.2. The van der Waals surface area contributed by atoms with Gasteiger partial charge >= 0.3 is 5.97 Å². The molecule has 6 atom stereocenters. The van der Waals surface area contributed by atoms with Gasteiger partial charge in [-0.2, -0.15) is 0 Å². The van der Waals surface area contributed by atoms with Gasteiger partial charge in [-0.15, -0.1) is 0 Å². The van der Waals surface area contributed by atoms with E-state index in [2.05, 4.69) is 36.3 Å². The Morgan fingerprint density at radius 3 is 2.67 bits per heavy atom. The van der Waals surface area contributed by atoms with Crippen molar-refractivity contribution in [2.75, 3.05) is 7.11 Å². The summed E-state index contributed by atoms with van der Waals surface area (Å²) in [5.74, 6) is -1.59. The first kappa shape index (κ1) is 29.2. The van der Waals surface area contributed by atoms with E-state index >= 15 is 0 Å². The summed E-state index contributed by atoms with van der Waals surface area (Å²) in [5, 5.41) is 4.33. The van der Waals surface area contributed by atoms with Gasteiger partial charge in [0.05, 0.1) is 13.5 Å². The minimum atomic E-state index is -1.32. The van der Waals surface area contributed by atoms with E-state index in [0.717, 1.165) is 28.3 Å². The lowest BCUT2D eigenvalue weighted by Gasteiger charge is -2.44. The number of aromatic nitrogens is 1. The second kappa shape index (κ2) is 12.2. The Morgan fingerprint density at radius 2 is 1.95 bits per heavy atom. The van der Waals surface area contributed by atoms with Crippen molar-refractivity contribution in [1.29, 1.82) is 0 Å². The molecule has 212 valence electrons. The molecule has 1 amide bonds. The molecule has 40 heavy (non-hydrogen) atoms. The largest absolute Gasteiger partial charge is 0.469 e. The molecule has 7 nitrogen and oxygen atoms in total. The molecule has 0 bridgehead atoms. The lowest BCUT2D eigenvalue weighted by atomic mass is 9.54. The van der Waals surface area contributed by atoms with E-state index in [1.807, 2.05) is 49.5 Å². The standard InChI is InChI=1S/C33H40N2O5/c1-20(15-21(2)19-36)9-8-10-25-16-22(3)23(4)31-28(17-24-18-34-27-12-7-6-11-26(24)27)35-32(39)33(25,31)29(37)13-14-30(38)40-5/h6-8,10-12,15-16,18-20,23,25,28,31,34H,9,13-14,17H2,1-5H3,(H,35,39). The van der Waals surface area contributed by atoms with Gasteiger partial charge in [0.1, 0.15) is 17.5 Å². The number of ketones is 1. The minimum Gasteiger partial charge on any atom is -0.469 e. The lowest BCUT2D eigenvalue weighted by Crippen LogP contribution is -2.52. The Morgan fingerprint density at radius 1 is 1.20 bits per heavy atom. The van der Waals surface area contributed by atoms with Crippen molar-refractivity contribution in [3.63, 3.8) is 0 Å². The van der Waals surface area contributed by atoms with Gasteiger partial charge in [0.25, 0.3) is 0 Å². The van der Waals surface area contributed by atoms with E-state index in [0.29, 0.717) is 18.4 Å². The summed E-state index contributed by atoms with van der Waals surface area (Å²) in [4.78, 5) is 54.6. The monoisotopic (exact) mass is 544 g/mol. The van der Waals surface area contributed by atoms with Gasteiger partial charge in [0, 0.05) is 41.4 Å². The molecular weight excluding hydrogens is 504 g/mol. The lowest BCUT2D eigenvalue weighted by molar-refractivity contribution is -0.148. The second-order valence-corrected chi connectivity index (χ2v) is 11.4. The van der Waals surface area contributed by atoms with Crippen molar-refractivity contribution in [3.8, 4) is 0 Å². The molecule has 2 aromatic rings. The number of para-hydroxylation sites is 1. The number of allylic oxidation sites excluding steroid dienone is 6. The number of ether oxygens (including phenoxy) is 1. The normalized spacial score (nSPS) is 27.3. The van der Waals surface area contributed by atoms with Crippen LogP contribution in [0.2, 0.25) is 0 Å². The van der Waals surface area contributed by atoms with Gasteiger partial charge in [-0.3, -0.25) is 19.2 Å². The zero-order valence-electron chi connectivity index (χ0n) is 24.0. The highest BCUT2D eigenvalue weighted by Crippen LogP contribution is 2.55. The fourth-order valence-electron chi connectivity index (χ4n) is 6.75. The number of benzene rings is 1. The van der Waals surface area contributed by atoms with Crippen LogP contribution in [0.5, 0.6) is 0 Å². The van der Waals surface area contributed by atoms with Crippen molar-refractivity contribution >= 4 is 34.8 Å². The van der Waals surface area contributed by atoms with Crippen molar-refractivity contribution in [2.45, 2.75) is 59.4 Å². The van der Waals surface area contributed by atoms with Gasteiger partial charge in [-0.1, -0.05) is 61.9 Å². The van der Waals surface area contributed by atoms with Crippen LogP contribution in [-0.2, 0) is 30.3 Å². The number of H-pyrrole nitrogens is 1. The third kappa shape index (κ3) is 5.47. The SMILES string of the molecule is COC(=O)CCC(=O)C12C(=O)NC(Cc3c[nH]c4ccccc34)C1C(C)C(C)=CC2C=CCC(C)C=C(C)C=O. The average Bonchev–Trinajstić information content (AvgIpc) is 3.48. The predicted molar refractivity (Wildman–Crippen MR) is 155 cm³/mol. The van der Waals surface area contributed by atoms with Crippen molar-refractivity contribution < 1.29 is 23.9 Å². The summed E-state index contributed by atoms with van der Waals surface area (Å²) >= 11 is 0. The first-order valence-electron chi connectivity index (χ1n) is 14.1. The van der Waals surface area contributed by atoms with Gasteiger partial charge in [-0.25, -0.2) is 0 Å². The highest BCUT2D eigenvalue weighted by atomic mass is 16.5. The van der Waals surface area contributed by atoms with Crippen LogP contribution in [0.3, 0.4) is 0 Å². The number of fused-ring (bicyclic) bond motifs is 2. The smallest absolute Gasteiger partial charge is 0.305 e. The number of rotatable bonds is 11. The predicted octanol–water partition coefficient (Wildman–Crippen LogP) is 5.27. The second-order valence-electron chi connectivity index (χ2n) is 11.4. The average molecular weight is 545 g/mol. The van der Waals surface area contributed by atoms with Crippen LogP contribution in [-0.4, -0.2) is 42.1 Å². The molecule has 1 aromatic heterocycles. The number of aromatic amines is 1. The van der Waals surface area contributed by atoms with Crippen LogP contribution < -0.4 is 5.32 Å². The molecule has 1 saturated heterocycles. The van der Waals surface area contributed by atoms with E-state index in [1.165, 1.54) is 7.11 Å². The molecule has 2 N–H and O–H groups in total. The van der Waals surface area contributed by atoms with Crippen molar-refractivity contribution in [3.05, 3.63) is 71.5 Å². The number of carbonyl (C=O) groups is 4. The number of amides is 1. The summed E-state index contributed by atoms with van der Waals surface area (Å²) in [6.07, 6.45) is 11.9. The third-order valence-electron chi connectivity index (χ3n) is 8.82. The molecule has 7 heteroatoms. The molecular formula is C33H40N2O5. The zero-order chi connectivity index (χ0) is 29.0. The van der Waals surface area contributed by atoms with E-state index < -0.39 is 17.3 Å². The molecule has 2 aliphatic rings. The van der Waals surface area contributed by atoms with Crippen LogP contribution in [0.4, 0.5) is 0 Å². The first-order chi connectivity index (χ1) is 19.1. The number of methoxy groups -OCH3 is 1. The zero-order valence-corrected chi connectivity index (χ0v) is 24.0. The molecule has 0 radical (unpaired) electrons. The fraction of sp³-hybridized carbons (Fsp3) is 0.455. The fourth-order valence-corrected chi connectivity index (χ4v) is 6.75. The third-order valence-corrected chi connectivity index (χ3v) is 8.82. The molecule has 1 aliphatic heterocycles. The van der Waals surface area contributed by atoms with Gasteiger partial charge in [0.15, 0.2) is 0 Å². The number of hydrogen-bond acceptors (Lipinski definition) is 5. The van der Waals surface area contributed by atoms with E-state index in [1.54, 1.807) is 6.92 Å². The molecule has 1 fully saturated rings. The molecule has 2 heterocycles. The molecule has 0 spiro atoms. The Hall–Kier alpha value is -3.74. The molecule has 1 aromatic carbocycles. The number of Topliss-reactive ketones (excluding diaryl/α,β-unsaturated/α-hetero) is 1. The quantitative estimate of drug-likeness (QED) is 0.132. The summed E-state index contributed by atoms with van der Waals surface area (Å²) in [6, 6.07) is 7.82. The van der Waals surface area contributed by atoms with Crippen molar-refractivity contribution in [1.82, 2.24) is 10.3 Å². The summed E-state index contributed by atoms with van der Waals surface area (Å²) in [6.45, 7) is 7.97. The Bertz CT molecular complexity index is 1380. The number of nitrogens with one attached hydrogen (secondary N) is 2. The van der Waals surface area contributed by atoms with Crippen LogP contribution in [0.1, 0.15) is 52.5 Å². The highest BCUT2D eigenvalue weighted by molar-refractivity contribution is 6.10. The van der Waals surface area contributed by atoms with E-state index in [9.17, 15) is 19.2 Å². The topological polar surface area (TPSA) is 105 Å². The Balaban J connectivity index is 1.73. The van der Waals surface area contributed by atoms with Gasteiger partial charge in [-0.05, 0) is 55.7 Å². The summed E-state index contributed by atoms with van der Waals surface area (Å²) < 4.78 is 4.80. The maximum Gasteiger partial charge on any atom is 0.305 e. The van der Waals surface area contributed by atoms with Crippen LogP contribution in [0.25, 0.3) is 10.9 Å². The molecule has 1 aliphatic carbocycles. The summed E-state index contributed by atoms with van der Waals surface area (Å²) in [5.41, 5.74) is 2.62. The maximum absolute atomic E-state index is 14.2. The Kier molecular flexibility index (Phi) is 8.92. The van der Waals surface area contributed by atoms with Crippen molar-refractivity contribution in [2.24, 2.45) is 29.1 Å². The highest BCUT2D eigenvalue weighted by Gasteiger charge is 2.65. The molecule has 6 unspecified atom stereocenters. The Labute approximate surface area is 236 Å². The van der Waals surface area contributed by atoms with Crippen LogP contribution in [0, 0.1) is 29.1 Å². The van der Waals surface area contributed by atoms with Gasteiger partial charge in [0.2, 0.25) is 5.91 Å².